The second kappa shape index (κ2) is 8.24. The van der Waals surface area contributed by atoms with E-state index in [0.29, 0.717) is 11.1 Å². The van der Waals surface area contributed by atoms with E-state index in [9.17, 15) is 9.18 Å². The molecule has 0 fully saturated rings. The van der Waals surface area contributed by atoms with Gasteiger partial charge in [-0.2, -0.15) is 0 Å². The van der Waals surface area contributed by atoms with Gasteiger partial charge < -0.3 is 15.5 Å². The molecule has 5 nitrogen and oxygen atoms in total. The van der Waals surface area contributed by atoms with Crippen molar-refractivity contribution in [3.63, 3.8) is 0 Å². The maximum atomic E-state index is 13.5. The summed E-state index contributed by atoms with van der Waals surface area (Å²) in [4.78, 5) is 18.3. The summed E-state index contributed by atoms with van der Waals surface area (Å²) >= 11 is 0. The summed E-state index contributed by atoms with van der Waals surface area (Å²) in [5, 5.41) is 5.91. The Morgan fingerprint density at radius 3 is 2.78 bits per heavy atom. The molecular weight excluding hydrogens is 295 g/mol. The van der Waals surface area contributed by atoms with Gasteiger partial charge in [-0.05, 0) is 26.2 Å². The zero-order chi connectivity index (χ0) is 16.7. The highest BCUT2D eigenvalue weighted by Crippen LogP contribution is 2.09. The largest absolute Gasteiger partial charge is 0.382 e. The van der Waals surface area contributed by atoms with Gasteiger partial charge >= 0.3 is 0 Å². The number of nitrogens with one attached hydrogen (secondary N) is 2. The highest BCUT2D eigenvalue weighted by atomic mass is 19.1. The van der Waals surface area contributed by atoms with Crippen molar-refractivity contribution in [2.75, 3.05) is 32.5 Å². The van der Waals surface area contributed by atoms with Gasteiger partial charge in [0, 0.05) is 37.6 Å². The smallest absolute Gasteiger partial charge is 0.253 e. The number of aromatic nitrogens is 1. The number of carbonyl (C=O) groups excluding carboxylic acids is 1. The molecule has 0 spiro atoms. The van der Waals surface area contributed by atoms with Crippen molar-refractivity contribution < 1.29 is 9.18 Å². The van der Waals surface area contributed by atoms with Crippen molar-refractivity contribution in [3.8, 4) is 0 Å². The van der Waals surface area contributed by atoms with Crippen molar-refractivity contribution in [3.05, 3.63) is 59.7 Å². The summed E-state index contributed by atoms with van der Waals surface area (Å²) in [6.45, 7) is 1.78. The lowest BCUT2D eigenvalue weighted by molar-refractivity contribution is 0.0950. The summed E-state index contributed by atoms with van der Waals surface area (Å²) in [6.07, 6.45) is 3.16. The van der Waals surface area contributed by atoms with Gasteiger partial charge in [0.1, 0.15) is 5.82 Å². The Labute approximate surface area is 135 Å². The van der Waals surface area contributed by atoms with Crippen LogP contribution in [0.25, 0.3) is 0 Å². The van der Waals surface area contributed by atoms with Crippen molar-refractivity contribution in [2.24, 2.45) is 0 Å². The third-order valence-electron chi connectivity index (χ3n) is 3.29. The number of likely N-dealkylation sites (N-methyl/N-ethyl adjacent to an activating group) is 1. The Morgan fingerprint density at radius 1 is 1.26 bits per heavy atom. The minimum Gasteiger partial charge on any atom is -0.382 e. The molecule has 0 aliphatic heterocycles. The predicted octanol–water partition coefficient (Wildman–Crippen LogP) is 2.12. The molecule has 1 aromatic carbocycles. The minimum atomic E-state index is -0.329. The molecule has 1 amide bonds. The molecule has 6 heteroatoms. The molecule has 0 bridgehead atoms. The fourth-order valence-electron chi connectivity index (χ4n) is 2.00. The van der Waals surface area contributed by atoms with E-state index in [-0.39, 0.29) is 18.3 Å². The predicted molar refractivity (Wildman–Crippen MR) is 88.9 cm³/mol. The Bertz CT molecular complexity index is 661. The van der Waals surface area contributed by atoms with E-state index in [1.807, 2.05) is 14.1 Å². The van der Waals surface area contributed by atoms with Gasteiger partial charge in [-0.15, -0.1) is 0 Å². The quantitative estimate of drug-likeness (QED) is 0.821. The van der Waals surface area contributed by atoms with Crippen LogP contribution in [0, 0.1) is 5.82 Å². The van der Waals surface area contributed by atoms with Crippen molar-refractivity contribution in [2.45, 2.75) is 6.54 Å². The van der Waals surface area contributed by atoms with Gasteiger partial charge in [0.25, 0.3) is 5.91 Å². The molecule has 23 heavy (non-hydrogen) atoms. The average Bonchev–Trinajstić information content (AvgIpc) is 2.54. The van der Waals surface area contributed by atoms with Gasteiger partial charge in [-0.25, -0.2) is 4.39 Å². The van der Waals surface area contributed by atoms with Crippen molar-refractivity contribution in [1.29, 1.82) is 0 Å². The minimum absolute atomic E-state index is 0.143. The molecule has 1 heterocycles. The number of pyridine rings is 1. The lowest BCUT2D eigenvalue weighted by Crippen LogP contribution is -2.24. The fourth-order valence-corrected chi connectivity index (χ4v) is 2.00. The lowest BCUT2D eigenvalue weighted by Gasteiger charge is -2.12. The number of anilines is 1. The molecule has 0 aliphatic rings. The van der Waals surface area contributed by atoms with Crippen LogP contribution in [0.4, 0.5) is 10.1 Å². The molecule has 0 unspecified atom stereocenters. The molecular formula is C17H21FN4O. The maximum Gasteiger partial charge on any atom is 0.253 e. The lowest BCUT2D eigenvalue weighted by atomic mass is 10.2. The van der Waals surface area contributed by atoms with E-state index in [0.717, 1.165) is 18.8 Å². The Hall–Kier alpha value is -2.47. The molecule has 1 aromatic heterocycles. The Morgan fingerprint density at radius 2 is 2.04 bits per heavy atom. The maximum absolute atomic E-state index is 13.5. The van der Waals surface area contributed by atoms with Gasteiger partial charge in [-0.3, -0.25) is 9.78 Å². The van der Waals surface area contributed by atoms with Crippen LogP contribution in [-0.2, 0) is 6.54 Å². The number of benzene rings is 1. The first kappa shape index (κ1) is 16.9. The molecule has 2 rings (SSSR count). The first-order valence-electron chi connectivity index (χ1n) is 7.41. The standard InChI is InChI=1S/C17H21FN4O/c1-22(2)8-7-20-15-9-14(10-19-12-15)17(23)21-11-13-5-3-4-6-16(13)18/h3-6,9-10,12,20H,7-8,11H2,1-2H3,(H,21,23). The second-order valence-electron chi connectivity index (χ2n) is 5.47. The van der Waals surface area contributed by atoms with Crippen LogP contribution >= 0.6 is 0 Å². The molecule has 0 atom stereocenters. The number of hydrogen-bond donors (Lipinski definition) is 2. The summed E-state index contributed by atoms with van der Waals surface area (Å²) in [7, 11) is 3.99. The molecule has 0 saturated carbocycles. The molecule has 2 aromatic rings. The van der Waals surface area contributed by atoms with Crippen LogP contribution in [0.1, 0.15) is 15.9 Å². The first-order valence-corrected chi connectivity index (χ1v) is 7.41. The van der Waals surface area contributed by atoms with Crippen LogP contribution in [-0.4, -0.2) is 43.0 Å². The van der Waals surface area contributed by atoms with E-state index in [4.69, 9.17) is 0 Å². The van der Waals surface area contributed by atoms with E-state index < -0.39 is 0 Å². The molecule has 2 N–H and O–H groups in total. The summed E-state index contributed by atoms with van der Waals surface area (Å²) in [5.41, 5.74) is 1.68. The number of carbonyl (C=O) groups is 1. The summed E-state index contributed by atoms with van der Waals surface area (Å²) < 4.78 is 13.5. The highest BCUT2D eigenvalue weighted by Gasteiger charge is 2.08. The highest BCUT2D eigenvalue weighted by molar-refractivity contribution is 5.94. The van der Waals surface area contributed by atoms with Gasteiger partial charge in [-0.1, -0.05) is 18.2 Å². The number of rotatable bonds is 7. The average molecular weight is 316 g/mol. The zero-order valence-corrected chi connectivity index (χ0v) is 13.3. The molecule has 0 saturated heterocycles. The van der Waals surface area contributed by atoms with Gasteiger partial charge in [0.15, 0.2) is 0 Å². The normalized spacial score (nSPS) is 10.6. The number of nitrogens with zero attached hydrogens (tertiary/aromatic N) is 2. The van der Waals surface area contributed by atoms with Gasteiger partial charge in [0.05, 0.1) is 11.3 Å². The summed E-state index contributed by atoms with van der Waals surface area (Å²) in [5.74, 6) is -0.609. The molecule has 122 valence electrons. The second-order valence-corrected chi connectivity index (χ2v) is 5.47. The SMILES string of the molecule is CN(C)CCNc1cncc(C(=O)NCc2ccccc2F)c1. The van der Waals surface area contributed by atoms with Crippen LogP contribution in [0.3, 0.4) is 0 Å². The number of hydrogen-bond acceptors (Lipinski definition) is 4. The van der Waals surface area contributed by atoms with Crippen molar-refractivity contribution in [1.82, 2.24) is 15.2 Å². The Kier molecular flexibility index (Phi) is 6.05. The molecule has 0 aliphatic carbocycles. The molecule has 0 radical (unpaired) electrons. The van der Waals surface area contributed by atoms with Gasteiger partial charge in [0.2, 0.25) is 0 Å². The third-order valence-corrected chi connectivity index (χ3v) is 3.29. The van der Waals surface area contributed by atoms with Crippen LogP contribution in [0.2, 0.25) is 0 Å². The fraction of sp³-hybridized carbons (Fsp3) is 0.294. The van der Waals surface area contributed by atoms with E-state index in [1.54, 1.807) is 30.5 Å². The topological polar surface area (TPSA) is 57.3 Å². The third kappa shape index (κ3) is 5.34. The van der Waals surface area contributed by atoms with Crippen molar-refractivity contribution >= 4 is 11.6 Å². The summed E-state index contributed by atoms with van der Waals surface area (Å²) in [6, 6.07) is 8.11. The number of halogens is 1. The van der Waals surface area contributed by atoms with Crippen LogP contribution < -0.4 is 10.6 Å². The van der Waals surface area contributed by atoms with E-state index in [1.165, 1.54) is 12.3 Å². The number of amides is 1. The van der Waals surface area contributed by atoms with E-state index in [2.05, 4.69) is 20.5 Å². The Balaban J connectivity index is 1.93. The van der Waals surface area contributed by atoms with Crippen LogP contribution in [0.15, 0.2) is 42.7 Å². The zero-order valence-electron chi connectivity index (χ0n) is 13.3. The first-order chi connectivity index (χ1) is 11.1. The van der Waals surface area contributed by atoms with E-state index >= 15 is 0 Å². The van der Waals surface area contributed by atoms with Crippen LogP contribution in [0.5, 0.6) is 0 Å². The monoisotopic (exact) mass is 316 g/mol.